The van der Waals surface area contributed by atoms with Crippen LogP contribution >= 0.6 is 0 Å². The third-order valence-electron chi connectivity index (χ3n) is 11.0. The molecule has 0 amide bonds. The van der Waals surface area contributed by atoms with E-state index in [1.165, 1.54) is 49.3 Å². The molecule has 7 heteroatoms. The molecule has 0 unspecified atom stereocenters. The summed E-state index contributed by atoms with van der Waals surface area (Å²) in [6, 6.07) is 45.1. The number of fused-ring (bicyclic) bond motifs is 4. The van der Waals surface area contributed by atoms with Crippen LogP contribution in [0.25, 0.3) is 66.4 Å². The SMILES string of the molecule is COc1cc[c-]c(-c2cc(CC3CCCCC3)c([Si](C)(C)C)cn2)c1.N#Cc1ccc(-c2ccc3c(c2)oc2c[c-]c(-c4cc5ccccc5cn4)cc23)cc1.[Ir]. The molecule has 0 atom stereocenters. The van der Waals surface area contributed by atoms with Crippen molar-refractivity contribution in [2.75, 3.05) is 7.11 Å². The summed E-state index contributed by atoms with van der Waals surface area (Å²) in [4.78, 5) is 9.42. The van der Waals surface area contributed by atoms with Crippen molar-refractivity contribution >= 4 is 46.0 Å². The summed E-state index contributed by atoms with van der Waals surface area (Å²) < 4.78 is 11.5. The molecular weight excluding hydrogens is 895 g/mol. The molecule has 0 spiro atoms. The average Bonchev–Trinajstić information content (AvgIpc) is 3.61. The fourth-order valence-electron chi connectivity index (χ4n) is 7.93. The van der Waals surface area contributed by atoms with E-state index >= 15 is 0 Å². The number of nitrogens with zero attached hydrogens (tertiary/aromatic N) is 3. The van der Waals surface area contributed by atoms with Gasteiger partial charge >= 0.3 is 0 Å². The molecule has 1 radical (unpaired) electrons. The number of hydrogen-bond acceptors (Lipinski definition) is 5. The van der Waals surface area contributed by atoms with E-state index in [9.17, 15) is 0 Å². The van der Waals surface area contributed by atoms with Gasteiger partial charge in [0.25, 0.3) is 0 Å². The summed E-state index contributed by atoms with van der Waals surface area (Å²) in [6.07, 6.45) is 12.2. The molecule has 3 aromatic heterocycles. The van der Waals surface area contributed by atoms with E-state index in [0.29, 0.717) is 5.56 Å². The molecule has 5 aromatic carbocycles. The van der Waals surface area contributed by atoms with E-state index in [4.69, 9.17) is 19.4 Å². The van der Waals surface area contributed by atoms with Crippen molar-refractivity contribution in [3.05, 3.63) is 145 Å². The summed E-state index contributed by atoms with van der Waals surface area (Å²) in [5.74, 6) is 1.70. The number of nitriles is 1. The van der Waals surface area contributed by atoms with E-state index in [2.05, 4.69) is 91.5 Å². The zero-order valence-corrected chi connectivity index (χ0v) is 36.3. The Bertz CT molecular complexity index is 2700. The van der Waals surface area contributed by atoms with Crippen molar-refractivity contribution in [1.29, 1.82) is 5.26 Å². The zero-order valence-electron chi connectivity index (χ0n) is 32.9. The fraction of sp³-hybridized carbons (Fsp3) is 0.220. The summed E-state index contributed by atoms with van der Waals surface area (Å²) >= 11 is 0. The number of furan rings is 1. The first-order chi connectivity index (χ1) is 27.2. The first-order valence-corrected chi connectivity index (χ1v) is 23.0. The first kappa shape index (κ1) is 39.8. The van der Waals surface area contributed by atoms with Crippen LogP contribution in [-0.4, -0.2) is 25.2 Å². The molecule has 287 valence electrons. The largest absolute Gasteiger partial charge is 0.516 e. The third kappa shape index (κ3) is 8.95. The van der Waals surface area contributed by atoms with Gasteiger partial charge in [0.05, 0.1) is 32.4 Å². The second-order valence-corrected chi connectivity index (χ2v) is 20.9. The molecule has 5 nitrogen and oxygen atoms in total. The Kier molecular flexibility index (Phi) is 12.2. The van der Waals surface area contributed by atoms with Crippen LogP contribution in [0.3, 0.4) is 0 Å². The Morgan fingerprint density at radius 2 is 1.47 bits per heavy atom. The van der Waals surface area contributed by atoms with E-state index in [1.54, 1.807) is 7.11 Å². The second kappa shape index (κ2) is 17.4. The molecule has 0 bridgehead atoms. The molecule has 0 aliphatic heterocycles. The van der Waals surface area contributed by atoms with Crippen LogP contribution in [0, 0.1) is 29.4 Å². The molecule has 8 aromatic rings. The van der Waals surface area contributed by atoms with Gasteiger partial charge in [-0.15, -0.1) is 53.6 Å². The minimum absolute atomic E-state index is 0. The van der Waals surface area contributed by atoms with Crippen LogP contribution in [0.4, 0.5) is 0 Å². The minimum atomic E-state index is -1.40. The van der Waals surface area contributed by atoms with E-state index in [1.807, 2.05) is 72.9 Å². The van der Waals surface area contributed by atoms with Gasteiger partial charge in [-0.2, -0.15) is 5.26 Å². The molecule has 1 fully saturated rings. The van der Waals surface area contributed by atoms with Crippen LogP contribution in [0.5, 0.6) is 5.75 Å². The summed E-state index contributed by atoms with van der Waals surface area (Å²) in [5.41, 5.74) is 9.78. The van der Waals surface area contributed by atoms with Gasteiger partial charge in [-0.05, 0) is 69.0 Å². The zero-order chi connectivity index (χ0) is 38.6. The molecule has 1 aliphatic carbocycles. The van der Waals surface area contributed by atoms with Gasteiger partial charge < -0.3 is 19.1 Å². The normalized spacial score (nSPS) is 13.1. The standard InChI is InChI=1S/C28H15N2O.C22H30NOSi.Ir/c29-16-18-5-7-19(8-6-18)21-9-11-24-25-13-22(10-12-27(25)31-28(24)15-21)26-14-20-3-1-2-4-23(20)17-30-26;1-24-20-12-8-11-18(14-20)21-15-19(13-17-9-6-5-7-10-17)22(16-23-21)25(2,3)4;/h1-9,11-15,17H;8,12,14-17H,5-7,9-10,13H2,1-4H3;/q2*-1;. The van der Waals surface area contributed by atoms with Crippen LogP contribution in [0.2, 0.25) is 19.6 Å². The van der Waals surface area contributed by atoms with Crippen molar-refractivity contribution in [2.24, 2.45) is 5.92 Å². The summed E-state index contributed by atoms with van der Waals surface area (Å²) in [7, 11) is 0.302. The van der Waals surface area contributed by atoms with E-state index in [0.717, 1.165) is 78.0 Å². The molecule has 9 rings (SSSR count). The maximum Gasteiger partial charge on any atom is 0.121 e. The number of pyridine rings is 2. The minimum Gasteiger partial charge on any atom is -0.516 e. The predicted octanol–water partition coefficient (Wildman–Crippen LogP) is 12.4. The Morgan fingerprint density at radius 1 is 0.754 bits per heavy atom. The maximum absolute atomic E-state index is 9.01. The van der Waals surface area contributed by atoms with Crippen LogP contribution in [-0.2, 0) is 26.5 Å². The van der Waals surface area contributed by atoms with Gasteiger partial charge in [0.1, 0.15) is 5.58 Å². The van der Waals surface area contributed by atoms with Gasteiger partial charge in [-0.1, -0.05) is 123 Å². The van der Waals surface area contributed by atoms with Gasteiger partial charge in [0.15, 0.2) is 0 Å². The van der Waals surface area contributed by atoms with Crippen molar-refractivity contribution < 1.29 is 29.3 Å². The maximum atomic E-state index is 9.01. The smallest absolute Gasteiger partial charge is 0.121 e. The summed E-state index contributed by atoms with van der Waals surface area (Å²) in [6.45, 7) is 7.27. The van der Waals surface area contributed by atoms with Gasteiger partial charge in [-0.25, -0.2) is 0 Å². The van der Waals surface area contributed by atoms with Gasteiger partial charge in [0, 0.05) is 43.6 Å². The molecule has 3 heterocycles. The molecule has 57 heavy (non-hydrogen) atoms. The summed E-state index contributed by atoms with van der Waals surface area (Å²) in [5, 5.41) is 14.9. The number of rotatable bonds is 7. The number of methoxy groups -OCH3 is 1. The van der Waals surface area contributed by atoms with Crippen LogP contribution < -0.4 is 9.92 Å². The van der Waals surface area contributed by atoms with Gasteiger partial charge in [-0.3, -0.25) is 0 Å². The quantitative estimate of drug-likeness (QED) is 0.118. The number of ether oxygens (including phenoxy) is 1. The average molecular weight is 940 g/mol. The topological polar surface area (TPSA) is 71.9 Å². The van der Waals surface area contributed by atoms with Crippen molar-refractivity contribution in [1.82, 2.24) is 9.97 Å². The number of aromatic nitrogens is 2. The Morgan fingerprint density at radius 3 is 2.23 bits per heavy atom. The van der Waals surface area contributed by atoms with Gasteiger partial charge in [0.2, 0.25) is 0 Å². The Hall–Kier alpha value is -5.38. The monoisotopic (exact) mass is 940 g/mol. The second-order valence-electron chi connectivity index (χ2n) is 15.9. The molecular formula is C50H45IrN3O2Si-2. The molecule has 1 aliphatic rings. The van der Waals surface area contributed by atoms with E-state index < -0.39 is 8.07 Å². The Balaban J connectivity index is 0.000000175. The Labute approximate surface area is 350 Å². The number of hydrogen-bond donors (Lipinski definition) is 0. The van der Waals surface area contributed by atoms with Crippen molar-refractivity contribution in [3.8, 4) is 45.5 Å². The van der Waals surface area contributed by atoms with Crippen molar-refractivity contribution in [3.63, 3.8) is 0 Å². The van der Waals surface area contributed by atoms with Crippen molar-refractivity contribution in [2.45, 2.75) is 58.2 Å². The molecule has 0 saturated heterocycles. The predicted molar refractivity (Wildman–Crippen MR) is 232 cm³/mol. The third-order valence-corrected chi connectivity index (χ3v) is 13.0. The molecule has 1 saturated carbocycles. The number of benzene rings is 5. The fourth-order valence-corrected chi connectivity index (χ4v) is 9.52. The van der Waals surface area contributed by atoms with E-state index in [-0.39, 0.29) is 20.1 Å². The van der Waals surface area contributed by atoms with Crippen LogP contribution in [0.1, 0.15) is 43.2 Å². The first-order valence-electron chi connectivity index (χ1n) is 19.5. The molecule has 0 N–H and O–H groups in total. The van der Waals surface area contributed by atoms with Crippen LogP contribution in [0.15, 0.2) is 126 Å².